The van der Waals surface area contributed by atoms with Crippen molar-refractivity contribution in [2.45, 2.75) is 25.3 Å². The van der Waals surface area contributed by atoms with Crippen molar-refractivity contribution in [3.05, 3.63) is 36.4 Å². The zero-order valence-electron chi connectivity index (χ0n) is 12.2. The molecule has 2 aromatic carbocycles. The van der Waals surface area contributed by atoms with E-state index in [4.69, 9.17) is 5.73 Å². The molecular formula is C17H17N3O2. The molecule has 2 N–H and O–H groups in total. The lowest BCUT2D eigenvalue weighted by Crippen LogP contribution is -2.39. The molecule has 0 radical (unpaired) electrons. The number of carbonyl (C=O) groups excluding carboxylic acids is 2. The maximum Gasteiger partial charge on any atom is 0.332 e. The molecule has 2 heterocycles. The molecule has 112 valence electrons. The molecule has 2 fully saturated rings. The van der Waals surface area contributed by atoms with Gasteiger partial charge in [-0.25, -0.2) is 9.69 Å². The number of nitrogens with two attached hydrogens (primary N) is 1. The molecule has 22 heavy (non-hydrogen) atoms. The first-order valence-electron chi connectivity index (χ1n) is 7.60. The van der Waals surface area contributed by atoms with Gasteiger partial charge in [-0.3, -0.25) is 4.79 Å². The van der Waals surface area contributed by atoms with Crippen molar-refractivity contribution >= 4 is 34.1 Å². The summed E-state index contributed by atoms with van der Waals surface area (Å²) < 4.78 is 0. The van der Waals surface area contributed by atoms with Crippen molar-refractivity contribution < 1.29 is 9.59 Å². The van der Waals surface area contributed by atoms with E-state index in [0.29, 0.717) is 17.9 Å². The predicted octanol–water partition coefficient (Wildman–Crippen LogP) is 2.74. The molecule has 1 unspecified atom stereocenters. The van der Waals surface area contributed by atoms with Crippen LogP contribution in [0.2, 0.25) is 0 Å². The van der Waals surface area contributed by atoms with Crippen molar-refractivity contribution in [2.24, 2.45) is 0 Å². The number of nitrogens with zero attached hydrogens (tertiary/aromatic N) is 2. The highest BCUT2D eigenvalue weighted by Gasteiger charge is 2.46. The summed E-state index contributed by atoms with van der Waals surface area (Å²) in [6, 6.07) is 10.6. The quantitative estimate of drug-likeness (QED) is 0.650. The summed E-state index contributed by atoms with van der Waals surface area (Å²) in [4.78, 5) is 28.4. The Morgan fingerprint density at radius 1 is 1.00 bits per heavy atom. The third-order valence-corrected chi connectivity index (χ3v) is 4.62. The van der Waals surface area contributed by atoms with Gasteiger partial charge in [0.2, 0.25) is 0 Å². The van der Waals surface area contributed by atoms with Crippen LogP contribution in [0.25, 0.3) is 10.8 Å². The van der Waals surface area contributed by atoms with Crippen LogP contribution in [-0.4, -0.2) is 29.4 Å². The van der Waals surface area contributed by atoms with Gasteiger partial charge in [0.25, 0.3) is 5.91 Å². The lowest BCUT2D eigenvalue weighted by Gasteiger charge is -2.26. The van der Waals surface area contributed by atoms with Crippen molar-refractivity contribution in [3.63, 3.8) is 0 Å². The summed E-state index contributed by atoms with van der Waals surface area (Å²) in [6.07, 6.45) is 2.72. The Labute approximate surface area is 128 Å². The molecule has 2 aliphatic heterocycles. The molecule has 5 heteroatoms. The van der Waals surface area contributed by atoms with Crippen LogP contribution >= 0.6 is 0 Å². The number of hydrogen-bond donors (Lipinski definition) is 1. The maximum atomic E-state index is 12.7. The average molecular weight is 295 g/mol. The second-order valence-electron chi connectivity index (χ2n) is 5.88. The van der Waals surface area contributed by atoms with Crippen LogP contribution in [0, 0.1) is 0 Å². The molecule has 0 aliphatic carbocycles. The van der Waals surface area contributed by atoms with Gasteiger partial charge in [0.05, 0.1) is 5.69 Å². The third-order valence-electron chi connectivity index (χ3n) is 4.62. The number of nitrogen functional groups attached to an aromatic ring is 1. The fourth-order valence-corrected chi connectivity index (χ4v) is 3.51. The van der Waals surface area contributed by atoms with Gasteiger partial charge >= 0.3 is 6.03 Å². The van der Waals surface area contributed by atoms with Gasteiger partial charge in [-0.05, 0) is 31.4 Å². The zero-order chi connectivity index (χ0) is 15.3. The summed E-state index contributed by atoms with van der Waals surface area (Å²) in [5.74, 6) is -0.111. The van der Waals surface area contributed by atoms with Gasteiger partial charge in [-0.1, -0.05) is 24.3 Å². The minimum atomic E-state index is -0.294. The van der Waals surface area contributed by atoms with Crippen LogP contribution in [0.1, 0.15) is 19.3 Å². The number of carbonyl (C=O) groups is 2. The zero-order valence-corrected chi connectivity index (χ0v) is 12.2. The topological polar surface area (TPSA) is 66.6 Å². The molecule has 0 aromatic heterocycles. The average Bonchev–Trinajstić information content (AvgIpc) is 2.81. The molecule has 0 saturated carbocycles. The summed E-state index contributed by atoms with van der Waals surface area (Å²) in [5, 5.41) is 1.70. The Hall–Kier alpha value is -2.56. The lowest BCUT2D eigenvalue weighted by molar-refractivity contribution is -0.120. The van der Waals surface area contributed by atoms with Crippen molar-refractivity contribution in [1.29, 1.82) is 0 Å². The van der Waals surface area contributed by atoms with E-state index in [2.05, 4.69) is 0 Å². The van der Waals surface area contributed by atoms with E-state index in [1.54, 1.807) is 17.0 Å². The fraction of sp³-hybridized carbons (Fsp3) is 0.294. The van der Waals surface area contributed by atoms with E-state index in [-0.39, 0.29) is 18.0 Å². The SMILES string of the molecule is Nc1ccc(N2C(=O)C3CCCCN3C2=O)c2ccccc12. The number of urea groups is 1. The van der Waals surface area contributed by atoms with Crippen molar-refractivity contribution in [1.82, 2.24) is 4.90 Å². The minimum absolute atomic E-state index is 0.111. The number of fused-ring (bicyclic) bond motifs is 2. The van der Waals surface area contributed by atoms with Crippen LogP contribution in [0.15, 0.2) is 36.4 Å². The molecule has 5 nitrogen and oxygen atoms in total. The summed E-state index contributed by atoms with van der Waals surface area (Å²) >= 11 is 0. The lowest BCUT2D eigenvalue weighted by atomic mass is 10.0. The van der Waals surface area contributed by atoms with Gasteiger partial charge in [0, 0.05) is 23.0 Å². The second-order valence-corrected chi connectivity index (χ2v) is 5.88. The van der Waals surface area contributed by atoms with Gasteiger partial charge < -0.3 is 10.6 Å². The summed E-state index contributed by atoms with van der Waals surface area (Å²) in [6.45, 7) is 0.665. The molecule has 2 saturated heterocycles. The first kappa shape index (κ1) is 13.1. The number of hydrogen-bond acceptors (Lipinski definition) is 3. The van der Waals surface area contributed by atoms with E-state index >= 15 is 0 Å². The monoisotopic (exact) mass is 295 g/mol. The van der Waals surface area contributed by atoms with Gasteiger partial charge in [-0.2, -0.15) is 0 Å². The Morgan fingerprint density at radius 2 is 1.77 bits per heavy atom. The summed E-state index contributed by atoms with van der Waals surface area (Å²) in [5.41, 5.74) is 7.29. The molecular weight excluding hydrogens is 278 g/mol. The summed E-state index contributed by atoms with van der Waals surface area (Å²) in [7, 11) is 0. The number of imide groups is 1. The number of rotatable bonds is 1. The third kappa shape index (κ3) is 1.71. The smallest absolute Gasteiger partial charge is 0.332 e. The standard InChI is InChI=1S/C17H17N3O2/c18-13-8-9-14(12-6-2-1-5-11(12)13)20-16(21)15-7-3-4-10-19(15)17(20)22/h1-2,5-6,8-9,15H,3-4,7,10,18H2. The van der Waals surface area contributed by atoms with E-state index in [9.17, 15) is 9.59 Å². The van der Waals surface area contributed by atoms with E-state index < -0.39 is 0 Å². The first-order valence-corrected chi connectivity index (χ1v) is 7.60. The Bertz CT molecular complexity index is 763. The van der Waals surface area contributed by atoms with Gasteiger partial charge in [0.15, 0.2) is 0 Å². The number of anilines is 2. The van der Waals surface area contributed by atoms with E-state index in [1.165, 1.54) is 4.90 Å². The Kier molecular flexibility index (Phi) is 2.82. The highest BCUT2D eigenvalue weighted by molar-refractivity contribution is 6.24. The van der Waals surface area contributed by atoms with Crippen LogP contribution in [0.3, 0.4) is 0 Å². The number of piperidine rings is 1. The van der Waals surface area contributed by atoms with Gasteiger partial charge in [0.1, 0.15) is 6.04 Å². The van der Waals surface area contributed by atoms with Crippen LogP contribution < -0.4 is 10.6 Å². The molecule has 2 aliphatic rings. The molecule has 4 rings (SSSR count). The number of benzene rings is 2. The maximum absolute atomic E-state index is 12.7. The molecule has 2 aromatic rings. The molecule has 0 bridgehead atoms. The highest BCUT2D eigenvalue weighted by Crippen LogP contribution is 2.36. The molecule has 1 atom stereocenters. The second kappa shape index (κ2) is 4.73. The van der Waals surface area contributed by atoms with E-state index in [1.807, 2.05) is 24.3 Å². The normalized spacial score (nSPS) is 21.5. The largest absolute Gasteiger partial charge is 0.398 e. The Balaban J connectivity index is 1.87. The number of amides is 3. The Morgan fingerprint density at radius 3 is 2.55 bits per heavy atom. The molecule has 0 spiro atoms. The van der Waals surface area contributed by atoms with Crippen molar-refractivity contribution in [2.75, 3.05) is 17.2 Å². The fourth-order valence-electron chi connectivity index (χ4n) is 3.51. The minimum Gasteiger partial charge on any atom is -0.398 e. The first-order chi connectivity index (χ1) is 10.7. The predicted molar refractivity (Wildman–Crippen MR) is 85.6 cm³/mol. The van der Waals surface area contributed by atoms with Crippen LogP contribution in [0.4, 0.5) is 16.2 Å². The van der Waals surface area contributed by atoms with Crippen molar-refractivity contribution in [3.8, 4) is 0 Å². The van der Waals surface area contributed by atoms with Gasteiger partial charge in [-0.15, -0.1) is 0 Å². The van der Waals surface area contributed by atoms with Crippen LogP contribution in [-0.2, 0) is 4.79 Å². The van der Waals surface area contributed by atoms with E-state index in [0.717, 1.165) is 30.0 Å². The highest BCUT2D eigenvalue weighted by atomic mass is 16.2. The van der Waals surface area contributed by atoms with Crippen LogP contribution in [0.5, 0.6) is 0 Å². The molecule has 3 amide bonds.